The average molecular weight is 604 g/mol. The summed E-state index contributed by atoms with van der Waals surface area (Å²) in [7, 11) is 0. The van der Waals surface area contributed by atoms with Crippen molar-refractivity contribution in [2.75, 3.05) is 31.6 Å². The van der Waals surface area contributed by atoms with Crippen LogP contribution in [0.3, 0.4) is 0 Å². The first-order chi connectivity index (χ1) is 21.9. The Kier molecular flexibility index (Phi) is 7.72. The lowest BCUT2D eigenvalue weighted by Gasteiger charge is -2.15. The zero-order valence-corrected chi connectivity index (χ0v) is 25.2. The van der Waals surface area contributed by atoms with Crippen LogP contribution in [-0.2, 0) is 4.79 Å². The van der Waals surface area contributed by atoms with E-state index in [1.54, 1.807) is 18.6 Å². The molecule has 0 radical (unpaired) electrons. The first-order valence-corrected chi connectivity index (χ1v) is 15.3. The zero-order valence-electron chi connectivity index (χ0n) is 25.2. The molecular formula is C35H34FN7O2. The summed E-state index contributed by atoms with van der Waals surface area (Å²) in [5.74, 6) is -0.0332. The third-order valence-electron chi connectivity index (χ3n) is 8.27. The van der Waals surface area contributed by atoms with E-state index in [1.807, 2.05) is 50.2 Å². The lowest BCUT2D eigenvalue weighted by atomic mass is 10.0. The molecule has 0 aliphatic carbocycles. The maximum absolute atomic E-state index is 14.8. The molecule has 0 unspecified atom stereocenters. The highest BCUT2D eigenvalue weighted by atomic mass is 19.1. The smallest absolute Gasteiger partial charge is 0.226 e. The van der Waals surface area contributed by atoms with Crippen LogP contribution >= 0.6 is 0 Å². The molecule has 2 aromatic carbocycles. The number of aromatic nitrogens is 5. The lowest BCUT2D eigenvalue weighted by Crippen LogP contribution is -2.25. The van der Waals surface area contributed by atoms with E-state index >= 15 is 0 Å². The fraction of sp³-hybridized carbons (Fsp3) is 0.257. The van der Waals surface area contributed by atoms with Gasteiger partial charge in [0.05, 0.1) is 23.1 Å². The van der Waals surface area contributed by atoms with Gasteiger partial charge in [-0.2, -0.15) is 5.10 Å². The third-order valence-corrected chi connectivity index (χ3v) is 8.27. The third kappa shape index (κ3) is 6.01. The Bertz CT molecular complexity index is 2010. The van der Waals surface area contributed by atoms with Gasteiger partial charge in [-0.3, -0.25) is 19.8 Å². The number of amides is 1. The van der Waals surface area contributed by atoms with Crippen LogP contribution in [0.4, 0.5) is 10.1 Å². The fourth-order valence-corrected chi connectivity index (χ4v) is 5.86. The highest BCUT2D eigenvalue weighted by Crippen LogP contribution is 2.36. The molecule has 45 heavy (non-hydrogen) atoms. The number of nitrogens with one attached hydrogen (secondary N) is 3. The van der Waals surface area contributed by atoms with E-state index < -0.39 is 0 Å². The number of pyridine rings is 2. The normalized spacial score (nSPS) is 13.7. The first kappa shape index (κ1) is 28.7. The van der Waals surface area contributed by atoms with Crippen LogP contribution in [0.25, 0.3) is 55.6 Å². The number of anilines is 1. The van der Waals surface area contributed by atoms with Crippen molar-refractivity contribution in [3.05, 3.63) is 79.0 Å². The number of H-pyrrole nitrogens is 2. The van der Waals surface area contributed by atoms with Crippen LogP contribution in [0.1, 0.15) is 26.7 Å². The van der Waals surface area contributed by atoms with Gasteiger partial charge in [0, 0.05) is 47.3 Å². The lowest BCUT2D eigenvalue weighted by molar-refractivity contribution is -0.118. The summed E-state index contributed by atoms with van der Waals surface area (Å²) < 4.78 is 20.8. The topological polar surface area (TPSA) is 112 Å². The summed E-state index contributed by atoms with van der Waals surface area (Å²) in [6, 6.07) is 16.7. The second-order valence-electron chi connectivity index (χ2n) is 11.8. The van der Waals surface area contributed by atoms with Crippen molar-refractivity contribution in [3.63, 3.8) is 0 Å². The zero-order chi connectivity index (χ0) is 30.9. The van der Waals surface area contributed by atoms with Crippen LogP contribution in [-0.4, -0.2) is 62.2 Å². The van der Waals surface area contributed by atoms with E-state index in [4.69, 9.17) is 4.74 Å². The molecule has 1 amide bonds. The Hall–Kier alpha value is -5.09. The molecule has 1 aliphatic heterocycles. The molecule has 1 aliphatic rings. The van der Waals surface area contributed by atoms with E-state index in [0.29, 0.717) is 23.7 Å². The number of halogens is 1. The molecule has 228 valence electrons. The Labute approximate surface area is 259 Å². The number of likely N-dealkylation sites (tertiary alicyclic amines) is 1. The molecule has 6 aromatic rings. The van der Waals surface area contributed by atoms with Crippen LogP contribution in [0, 0.1) is 11.7 Å². The largest absolute Gasteiger partial charge is 0.492 e. The highest BCUT2D eigenvalue weighted by Gasteiger charge is 2.17. The minimum atomic E-state index is -0.349. The second-order valence-corrected chi connectivity index (χ2v) is 11.8. The number of benzene rings is 2. The number of carbonyl (C=O) groups excluding carboxylic acids is 1. The minimum absolute atomic E-state index is 0.0622. The second kappa shape index (κ2) is 12.1. The van der Waals surface area contributed by atoms with E-state index in [2.05, 4.69) is 41.4 Å². The Morgan fingerprint density at radius 1 is 1.00 bits per heavy atom. The predicted octanol–water partition coefficient (Wildman–Crippen LogP) is 7.04. The van der Waals surface area contributed by atoms with Gasteiger partial charge >= 0.3 is 0 Å². The van der Waals surface area contributed by atoms with Crippen molar-refractivity contribution in [2.45, 2.75) is 26.7 Å². The van der Waals surface area contributed by atoms with Gasteiger partial charge in [-0.05, 0) is 85.1 Å². The molecule has 7 rings (SSSR count). The molecule has 0 spiro atoms. The van der Waals surface area contributed by atoms with Crippen LogP contribution < -0.4 is 10.1 Å². The fourth-order valence-electron chi connectivity index (χ4n) is 5.86. The summed E-state index contributed by atoms with van der Waals surface area (Å²) in [6.45, 7) is 7.25. The molecular weight excluding hydrogens is 569 g/mol. The average Bonchev–Trinajstić information content (AvgIpc) is 3.80. The van der Waals surface area contributed by atoms with E-state index in [9.17, 15) is 9.18 Å². The van der Waals surface area contributed by atoms with Crippen molar-refractivity contribution >= 4 is 33.5 Å². The van der Waals surface area contributed by atoms with Crippen molar-refractivity contribution < 1.29 is 13.9 Å². The Balaban J connectivity index is 1.20. The number of rotatable bonds is 9. The molecule has 0 atom stereocenters. The summed E-state index contributed by atoms with van der Waals surface area (Å²) in [5, 5.41) is 12.4. The predicted molar refractivity (Wildman–Crippen MR) is 174 cm³/mol. The van der Waals surface area contributed by atoms with Gasteiger partial charge in [0.25, 0.3) is 0 Å². The first-order valence-electron chi connectivity index (χ1n) is 15.3. The number of fused-ring (bicyclic) bond motifs is 2. The van der Waals surface area contributed by atoms with Gasteiger partial charge in [0.15, 0.2) is 0 Å². The molecule has 3 N–H and O–H groups in total. The van der Waals surface area contributed by atoms with Crippen molar-refractivity contribution in [1.82, 2.24) is 30.0 Å². The van der Waals surface area contributed by atoms with E-state index in [-0.39, 0.29) is 17.6 Å². The van der Waals surface area contributed by atoms with E-state index in [1.165, 1.54) is 25.0 Å². The monoisotopic (exact) mass is 603 g/mol. The Morgan fingerprint density at radius 2 is 1.87 bits per heavy atom. The molecule has 1 fully saturated rings. The number of aromatic amines is 2. The van der Waals surface area contributed by atoms with Crippen molar-refractivity contribution in [2.24, 2.45) is 5.92 Å². The van der Waals surface area contributed by atoms with Crippen LogP contribution in [0.5, 0.6) is 5.75 Å². The summed E-state index contributed by atoms with van der Waals surface area (Å²) in [6.07, 6.45) is 7.58. The van der Waals surface area contributed by atoms with Gasteiger partial charge < -0.3 is 15.0 Å². The van der Waals surface area contributed by atoms with Crippen LogP contribution in [0.15, 0.2) is 73.2 Å². The molecule has 0 saturated carbocycles. The standard InChI is InChI=1S/C35H34FN7O2/c1-21(2)35(44)39-26-14-24(19-37-20-26)22-5-6-31-30(16-22)33(42-41-31)32-18-29-28(7-8-38-34(29)40-32)23-13-25(36)17-27(15-23)45-12-11-43-9-3-4-10-43/h5-8,13-21H,3-4,9-12H2,1-2H3,(H,38,40)(H,39,44)(H,41,42). The van der Waals surface area contributed by atoms with Gasteiger partial charge in [-0.1, -0.05) is 19.9 Å². The number of hydrogen-bond donors (Lipinski definition) is 3. The summed E-state index contributed by atoms with van der Waals surface area (Å²) in [4.78, 5) is 26.9. The van der Waals surface area contributed by atoms with Crippen molar-refractivity contribution in [1.29, 1.82) is 0 Å². The van der Waals surface area contributed by atoms with E-state index in [0.717, 1.165) is 69.6 Å². The number of hydrogen-bond acceptors (Lipinski definition) is 6. The molecule has 4 aromatic heterocycles. The quantitative estimate of drug-likeness (QED) is 0.163. The van der Waals surface area contributed by atoms with Gasteiger partial charge in [0.1, 0.15) is 29.5 Å². The van der Waals surface area contributed by atoms with Crippen molar-refractivity contribution in [3.8, 4) is 39.4 Å². The maximum Gasteiger partial charge on any atom is 0.226 e. The number of nitrogens with zero attached hydrogens (tertiary/aromatic N) is 4. The summed E-state index contributed by atoms with van der Waals surface area (Å²) in [5.41, 5.74) is 7.08. The highest BCUT2D eigenvalue weighted by molar-refractivity contribution is 6.01. The van der Waals surface area contributed by atoms with Gasteiger partial charge in [-0.15, -0.1) is 0 Å². The minimum Gasteiger partial charge on any atom is -0.492 e. The van der Waals surface area contributed by atoms with Crippen LogP contribution in [0.2, 0.25) is 0 Å². The Morgan fingerprint density at radius 3 is 2.71 bits per heavy atom. The molecule has 1 saturated heterocycles. The SMILES string of the molecule is CC(C)C(=O)Nc1cncc(-c2ccc3[nH]nc(-c4cc5c(-c6cc(F)cc(OCCN7CCCC7)c6)ccnc5[nH]4)c3c2)c1. The molecule has 5 heterocycles. The molecule has 10 heteroatoms. The maximum atomic E-state index is 14.8. The number of ether oxygens (including phenoxy) is 1. The van der Waals surface area contributed by atoms with Gasteiger partial charge in [0.2, 0.25) is 5.91 Å². The summed E-state index contributed by atoms with van der Waals surface area (Å²) >= 11 is 0. The molecule has 0 bridgehead atoms. The number of carbonyl (C=O) groups is 1. The molecule has 9 nitrogen and oxygen atoms in total. The van der Waals surface area contributed by atoms with Gasteiger partial charge in [-0.25, -0.2) is 9.37 Å².